The van der Waals surface area contributed by atoms with Gasteiger partial charge in [-0.05, 0) is 18.2 Å². The van der Waals surface area contributed by atoms with Crippen LogP contribution in [-0.2, 0) is 4.79 Å². The summed E-state index contributed by atoms with van der Waals surface area (Å²) in [7, 11) is 0. The summed E-state index contributed by atoms with van der Waals surface area (Å²) in [4.78, 5) is 53.1. The number of H-pyrrole nitrogens is 1. The molecule has 0 atom stereocenters. The summed E-state index contributed by atoms with van der Waals surface area (Å²) >= 11 is 0. The summed E-state index contributed by atoms with van der Waals surface area (Å²) in [6.45, 7) is 1.32. The van der Waals surface area contributed by atoms with Gasteiger partial charge in [-0.2, -0.15) is 5.10 Å². The van der Waals surface area contributed by atoms with Crippen molar-refractivity contribution in [2.45, 2.75) is 0 Å². The predicted octanol–water partition coefficient (Wildman–Crippen LogP) is 1.31. The van der Waals surface area contributed by atoms with Crippen molar-refractivity contribution in [2.75, 3.05) is 26.2 Å². The maximum atomic E-state index is 13.0. The summed E-state index contributed by atoms with van der Waals surface area (Å²) < 4.78 is 1.56. The lowest BCUT2D eigenvalue weighted by molar-refractivity contribution is -0.127. The van der Waals surface area contributed by atoms with Crippen LogP contribution in [0.5, 0.6) is 0 Å². The van der Waals surface area contributed by atoms with Crippen LogP contribution in [0.2, 0.25) is 0 Å². The molecule has 4 heterocycles. The normalized spacial score (nSPS) is 14.0. The van der Waals surface area contributed by atoms with Gasteiger partial charge in [0, 0.05) is 50.3 Å². The highest BCUT2D eigenvalue weighted by molar-refractivity contribution is 6.44. The third-order valence-electron chi connectivity index (χ3n) is 5.48. The first-order valence-corrected chi connectivity index (χ1v) is 10.1. The molecule has 1 aliphatic rings. The van der Waals surface area contributed by atoms with Crippen LogP contribution in [0.15, 0.2) is 61.3 Å². The monoisotopic (exact) mass is 429 g/mol. The molecule has 0 spiro atoms. The molecule has 2 amide bonds. The van der Waals surface area contributed by atoms with Gasteiger partial charge in [0.1, 0.15) is 17.4 Å². The number of amides is 2. The smallest absolute Gasteiger partial charge is 0.295 e. The third kappa shape index (κ3) is 3.41. The zero-order valence-corrected chi connectivity index (χ0v) is 17.0. The van der Waals surface area contributed by atoms with E-state index in [0.717, 1.165) is 0 Å². The van der Waals surface area contributed by atoms with E-state index in [0.29, 0.717) is 48.6 Å². The number of nitrogens with zero attached hydrogens (tertiary/aromatic N) is 6. The van der Waals surface area contributed by atoms with Crippen molar-refractivity contribution in [3.05, 3.63) is 72.4 Å². The Bertz CT molecular complexity index is 1290. The Kier molecular flexibility index (Phi) is 4.94. The second kappa shape index (κ2) is 8.06. The van der Waals surface area contributed by atoms with Gasteiger partial charge in [-0.15, -0.1) is 0 Å². The predicted molar refractivity (Wildman–Crippen MR) is 114 cm³/mol. The molecule has 160 valence electrons. The Morgan fingerprint density at radius 2 is 1.66 bits per heavy atom. The molecular formula is C22H19N7O3. The summed E-state index contributed by atoms with van der Waals surface area (Å²) in [5.74, 6) is -0.857. The van der Waals surface area contributed by atoms with Gasteiger partial charge in [-0.25, -0.2) is 14.6 Å². The quantitative estimate of drug-likeness (QED) is 0.386. The maximum Gasteiger partial charge on any atom is 0.295 e. The Balaban J connectivity index is 1.31. The molecule has 10 heteroatoms. The van der Waals surface area contributed by atoms with Gasteiger partial charge in [-0.1, -0.05) is 18.2 Å². The van der Waals surface area contributed by atoms with Gasteiger partial charge in [0.2, 0.25) is 0 Å². The van der Waals surface area contributed by atoms with Crippen LogP contribution in [0.3, 0.4) is 0 Å². The van der Waals surface area contributed by atoms with Crippen LogP contribution in [0.25, 0.3) is 16.9 Å². The lowest BCUT2D eigenvalue weighted by Gasteiger charge is -2.34. The number of fused-ring (bicyclic) bond motifs is 1. The van der Waals surface area contributed by atoms with E-state index in [-0.39, 0.29) is 11.5 Å². The maximum absolute atomic E-state index is 13.0. The average Bonchev–Trinajstić information content (AvgIpc) is 3.53. The van der Waals surface area contributed by atoms with Gasteiger partial charge >= 0.3 is 0 Å². The number of carbonyl (C=O) groups excluding carboxylic acids is 3. The molecule has 1 aliphatic heterocycles. The molecule has 10 nitrogen and oxygen atoms in total. The number of ketones is 1. The van der Waals surface area contributed by atoms with Gasteiger partial charge < -0.3 is 14.8 Å². The van der Waals surface area contributed by atoms with E-state index in [9.17, 15) is 14.4 Å². The number of benzene rings is 1. The molecule has 1 saturated heterocycles. The second-order valence-electron chi connectivity index (χ2n) is 7.35. The number of Topliss-reactive ketones (excluding diaryl/α,β-unsaturated/α-hetero) is 1. The topological polar surface area (TPSA) is 117 Å². The van der Waals surface area contributed by atoms with E-state index in [1.807, 2.05) is 18.2 Å². The van der Waals surface area contributed by atoms with Crippen molar-refractivity contribution in [1.29, 1.82) is 0 Å². The fourth-order valence-corrected chi connectivity index (χ4v) is 3.80. The number of hydrogen-bond donors (Lipinski definition) is 1. The highest BCUT2D eigenvalue weighted by Crippen LogP contribution is 2.21. The van der Waals surface area contributed by atoms with E-state index in [2.05, 4.69) is 20.1 Å². The van der Waals surface area contributed by atoms with Crippen molar-refractivity contribution >= 4 is 28.6 Å². The van der Waals surface area contributed by atoms with Gasteiger partial charge in [0.15, 0.2) is 5.82 Å². The van der Waals surface area contributed by atoms with Crippen molar-refractivity contribution in [1.82, 2.24) is 34.5 Å². The number of hydrogen-bond acceptors (Lipinski definition) is 6. The summed E-state index contributed by atoms with van der Waals surface area (Å²) in [5, 5.41) is 4.16. The zero-order chi connectivity index (χ0) is 22.1. The van der Waals surface area contributed by atoms with Gasteiger partial charge in [0.05, 0.1) is 5.56 Å². The van der Waals surface area contributed by atoms with Gasteiger partial charge in [0.25, 0.3) is 17.6 Å². The van der Waals surface area contributed by atoms with Crippen LogP contribution in [-0.4, -0.2) is 78.3 Å². The van der Waals surface area contributed by atoms with Crippen molar-refractivity contribution in [3.8, 4) is 5.82 Å². The largest absolute Gasteiger partial charge is 0.356 e. The number of nitrogens with one attached hydrogen (secondary N) is 1. The molecule has 3 aromatic heterocycles. The number of aromatic nitrogens is 5. The highest BCUT2D eigenvalue weighted by atomic mass is 16.2. The van der Waals surface area contributed by atoms with E-state index >= 15 is 0 Å². The Morgan fingerprint density at radius 3 is 2.38 bits per heavy atom. The van der Waals surface area contributed by atoms with Crippen LogP contribution >= 0.6 is 0 Å². The van der Waals surface area contributed by atoms with E-state index in [1.165, 1.54) is 17.4 Å². The molecule has 5 rings (SSSR count). The molecule has 1 N–H and O–H groups in total. The molecule has 0 aliphatic carbocycles. The van der Waals surface area contributed by atoms with Crippen LogP contribution in [0.4, 0.5) is 0 Å². The molecule has 1 fully saturated rings. The SMILES string of the molecule is O=C(C(=O)N1CCN(C(=O)c2ccccc2)CC1)c1c[nH]c2c(-n3cccn3)ncnc12. The molecule has 0 saturated carbocycles. The Morgan fingerprint density at radius 1 is 0.906 bits per heavy atom. The first-order chi connectivity index (χ1) is 15.6. The summed E-state index contributed by atoms with van der Waals surface area (Å²) in [6, 6.07) is 10.8. The van der Waals surface area contributed by atoms with Gasteiger partial charge in [-0.3, -0.25) is 14.4 Å². The number of piperazine rings is 1. The molecule has 0 bridgehead atoms. The molecule has 0 unspecified atom stereocenters. The van der Waals surface area contributed by atoms with Crippen LogP contribution in [0.1, 0.15) is 20.7 Å². The van der Waals surface area contributed by atoms with Crippen molar-refractivity contribution in [3.63, 3.8) is 0 Å². The molecule has 4 aromatic rings. The minimum atomic E-state index is -0.649. The van der Waals surface area contributed by atoms with Crippen molar-refractivity contribution < 1.29 is 14.4 Å². The minimum Gasteiger partial charge on any atom is -0.356 e. The van der Waals surface area contributed by atoms with Crippen LogP contribution < -0.4 is 0 Å². The van der Waals surface area contributed by atoms with E-state index < -0.39 is 11.7 Å². The van der Waals surface area contributed by atoms with E-state index in [4.69, 9.17) is 0 Å². The number of rotatable bonds is 4. The first-order valence-electron chi connectivity index (χ1n) is 10.1. The van der Waals surface area contributed by atoms with Crippen LogP contribution in [0, 0.1) is 0 Å². The number of carbonyl (C=O) groups is 3. The highest BCUT2D eigenvalue weighted by Gasteiger charge is 2.30. The average molecular weight is 429 g/mol. The fourth-order valence-electron chi connectivity index (χ4n) is 3.80. The second-order valence-corrected chi connectivity index (χ2v) is 7.35. The Labute approximate surface area is 182 Å². The first kappa shape index (κ1) is 19.6. The molecule has 32 heavy (non-hydrogen) atoms. The van der Waals surface area contributed by atoms with E-state index in [1.54, 1.807) is 40.2 Å². The lowest BCUT2D eigenvalue weighted by atomic mass is 10.1. The molecule has 0 radical (unpaired) electrons. The molecular weight excluding hydrogens is 410 g/mol. The lowest BCUT2D eigenvalue weighted by Crippen LogP contribution is -2.52. The minimum absolute atomic E-state index is 0.0801. The zero-order valence-electron chi connectivity index (χ0n) is 17.0. The summed E-state index contributed by atoms with van der Waals surface area (Å²) in [5.41, 5.74) is 1.67. The standard InChI is InChI=1S/C22H19N7O3/c30-19(16-13-23-18-17(16)24-14-25-20(18)29-8-4-7-26-29)22(32)28-11-9-27(10-12-28)21(31)15-5-2-1-3-6-15/h1-8,13-14,23H,9-12H2. The molecule has 1 aromatic carbocycles. The summed E-state index contributed by atoms with van der Waals surface area (Å²) in [6.07, 6.45) is 6.16. The van der Waals surface area contributed by atoms with Crippen molar-refractivity contribution in [2.24, 2.45) is 0 Å². The third-order valence-corrected chi connectivity index (χ3v) is 5.48. The number of aromatic amines is 1. The Hall–Kier alpha value is -4.34. The fraction of sp³-hybridized carbons (Fsp3) is 0.182.